The predicted octanol–water partition coefficient (Wildman–Crippen LogP) is 4.56. The van der Waals surface area contributed by atoms with Crippen molar-refractivity contribution in [2.45, 2.75) is 19.3 Å². The van der Waals surface area contributed by atoms with Crippen LogP contribution in [0.4, 0.5) is 5.69 Å². The first kappa shape index (κ1) is 16.7. The average molecular weight is 345 g/mol. The van der Waals surface area contributed by atoms with Gasteiger partial charge in [0.1, 0.15) is 5.75 Å². The third-order valence-electron chi connectivity index (χ3n) is 4.05. The van der Waals surface area contributed by atoms with Crippen LogP contribution >= 0.6 is 11.6 Å². The molecule has 0 spiro atoms. The molecule has 126 valence electrons. The molecule has 0 unspecified atom stereocenters. The number of nitrogens with one attached hydrogen (secondary N) is 1. The molecule has 1 aliphatic rings. The largest absolute Gasteiger partial charge is 0.455 e. The lowest BCUT2D eigenvalue weighted by Crippen LogP contribution is -2.39. The van der Waals surface area contributed by atoms with Crippen molar-refractivity contribution in [2.75, 3.05) is 25.0 Å². The van der Waals surface area contributed by atoms with Crippen molar-refractivity contribution >= 4 is 23.2 Å². The number of amides is 1. The van der Waals surface area contributed by atoms with Crippen LogP contribution in [-0.2, 0) is 4.79 Å². The van der Waals surface area contributed by atoms with Gasteiger partial charge >= 0.3 is 0 Å². The minimum atomic E-state index is 0.111. The molecule has 0 atom stereocenters. The van der Waals surface area contributed by atoms with Gasteiger partial charge in [-0.2, -0.15) is 0 Å². The number of halogens is 1. The third-order valence-corrected chi connectivity index (χ3v) is 4.29. The molecule has 4 nitrogen and oxygen atoms in total. The Kier molecular flexibility index (Phi) is 5.59. The Morgan fingerprint density at radius 3 is 2.58 bits per heavy atom. The Morgan fingerprint density at radius 1 is 1.08 bits per heavy atom. The van der Waals surface area contributed by atoms with E-state index >= 15 is 0 Å². The van der Waals surface area contributed by atoms with Gasteiger partial charge in [-0.1, -0.05) is 29.8 Å². The van der Waals surface area contributed by atoms with Crippen LogP contribution in [0.2, 0.25) is 5.02 Å². The fourth-order valence-corrected chi connectivity index (χ4v) is 2.94. The summed E-state index contributed by atoms with van der Waals surface area (Å²) in [6, 6.07) is 14.9. The number of piperidine rings is 1. The van der Waals surface area contributed by atoms with Gasteiger partial charge < -0.3 is 15.0 Å². The molecule has 0 bridgehead atoms. The molecule has 1 saturated heterocycles. The van der Waals surface area contributed by atoms with E-state index in [0.717, 1.165) is 37.4 Å². The van der Waals surface area contributed by atoms with Crippen molar-refractivity contribution in [1.29, 1.82) is 0 Å². The molecule has 0 saturated carbocycles. The van der Waals surface area contributed by atoms with E-state index in [9.17, 15) is 4.79 Å². The van der Waals surface area contributed by atoms with Crippen LogP contribution in [-0.4, -0.2) is 30.4 Å². The van der Waals surface area contributed by atoms with E-state index in [4.69, 9.17) is 16.3 Å². The molecule has 1 heterocycles. The standard InChI is InChI=1S/C19H21ClN2O2/c20-15-9-10-18(24-16-7-3-1-4-8-16)17(13-15)21-14-19(23)22-11-5-2-6-12-22/h1,3-4,7-10,13,21H,2,5-6,11-12,14H2. The van der Waals surface area contributed by atoms with Crippen LogP contribution in [0.1, 0.15) is 19.3 Å². The minimum absolute atomic E-state index is 0.111. The zero-order valence-electron chi connectivity index (χ0n) is 13.5. The highest BCUT2D eigenvalue weighted by Gasteiger charge is 2.16. The van der Waals surface area contributed by atoms with E-state index < -0.39 is 0 Å². The summed E-state index contributed by atoms with van der Waals surface area (Å²) in [5, 5.41) is 3.77. The molecule has 0 aromatic heterocycles. The quantitative estimate of drug-likeness (QED) is 0.864. The van der Waals surface area contributed by atoms with Crippen molar-refractivity contribution in [3.63, 3.8) is 0 Å². The highest BCUT2D eigenvalue weighted by Crippen LogP contribution is 2.31. The van der Waals surface area contributed by atoms with Crippen LogP contribution in [0, 0.1) is 0 Å². The molecular formula is C19H21ClN2O2. The topological polar surface area (TPSA) is 41.6 Å². The SMILES string of the molecule is O=C(CNc1cc(Cl)ccc1Oc1ccccc1)N1CCCCC1. The lowest BCUT2D eigenvalue weighted by Gasteiger charge is -2.27. The number of nitrogens with zero attached hydrogens (tertiary/aromatic N) is 1. The number of para-hydroxylation sites is 1. The van der Waals surface area contributed by atoms with Gasteiger partial charge in [0.05, 0.1) is 12.2 Å². The van der Waals surface area contributed by atoms with E-state index in [0.29, 0.717) is 10.8 Å². The summed E-state index contributed by atoms with van der Waals surface area (Å²) < 4.78 is 5.90. The number of anilines is 1. The molecule has 0 aliphatic carbocycles. The van der Waals surface area contributed by atoms with Crippen molar-refractivity contribution in [2.24, 2.45) is 0 Å². The number of ether oxygens (including phenoxy) is 1. The molecule has 24 heavy (non-hydrogen) atoms. The van der Waals surface area contributed by atoms with Gasteiger partial charge in [-0.15, -0.1) is 0 Å². The first-order chi connectivity index (χ1) is 11.7. The number of hydrogen-bond donors (Lipinski definition) is 1. The number of benzene rings is 2. The smallest absolute Gasteiger partial charge is 0.241 e. The summed E-state index contributed by atoms with van der Waals surface area (Å²) in [4.78, 5) is 14.2. The second-order valence-corrected chi connectivity index (χ2v) is 6.29. The second kappa shape index (κ2) is 8.06. The van der Waals surface area contributed by atoms with Gasteiger partial charge in [-0.05, 0) is 49.6 Å². The molecule has 2 aromatic rings. The molecule has 3 rings (SSSR count). The number of hydrogen-bond acceptors (Lipinski definition) is 3. The van der Waals surface area contributed by atoms with Crippen LogP contribution in [0.3, 0.4) is 0 Å². The Bertz CT molecular complexity index is 685. The van der Waals surface area contributed by atoms with Crippen molar-refractivity contribution in [3.05, 3.63) is 53.6 Å². The molecular weight excluding hydrogens is 324 g/mol. The van der Waals surface area contributed by atoms with Crippen LogP contribution in [0.15, 0.2) is 48.5 Å². The lowest BCUT2D eigenvalue weighted by molar-refractivity contribution is -0.130. The van der Waals surface area contributed by atoms with Crippen molar-refractivity contribution in [3.8, 4) is 11.5 Å². The Labute approximate surface area is 147 Å². The molecule has 2 aromatic carbocycles. The summed E-state index contributed by atoms with van der Waals surface area (Å²) >= 11 is 6.09. The maximum Gasteiger partial charge on any atom is 0.241 e. The number of rotatable bonds is 5. The first-order valence-electron chi connectivity index (χ1n) is 8.26. The van der Waals surface area contributed by atoms with Crippen LogP contribution in [0.25, 0.3) is 0 Å². The highest BCUT2D eigenvalue weighted by molar-refractivity contribution is 6.30. The summed E-state index contributed by atoms with van der Waals surface area (Å²) in [7, 11) is 0. The minimum Gasteiger partial charge on any atom is -0.455 e. The van der Waals surface area contributed by atoms with Crippen LogP contribution < -0.4 is 10.1 Å². The Balaban J connectivity index is 1.67. The average Bonchev–Trinajstić information content (AvgIpc) is 2.63. The molecule has 5 heteroatoms. The summed E-state index contributed by atoms with van der Waals surface area (Å²) in [5.41, 5.74) is 0.719. The van der Waals surface area contributed by atoms with Gasteiger partial charge in [-0.25, -0.2) is 0 Å². The maximum absolute atomic E-state index is 12.3. The zero-order valence-corrected chi connectivity index (χ0v) is 14.3. The molecule has 0 radical (unpaired) electrons. The number of carbonyl (C=O) groups is 1. The molecule has 1 N–H and O–H groups in total. The van der Waals surface area contributed by atoms with Crippen molar-refractivity contribution in [1.82, 2.24) is 4.90 Å². The molecule has 1 fully saturated rings. The lowest BCUT2D eigenvalue weighted by atomic mass is 10.1. The van der Waals surface area contributed by atoms with Crippen molar-refractivity contribution < 1.29 is 9.53 Å². The fraction of sp³-hybridized carbons (Fsp3) is 0.316. The van der Waals surface area contributed by atoms with Gasteiger partial charge in [0, 0.05) is 18.1 Å². The van der Waals surface area contributed by atoms with E-state index in [1.165, 1.54) is 6.42 Å². The summed E-state index contributed by atoms with van der Waals surface area (Å²) in [6.45, 7) is 1.94. The first-order valence-corrected chi connectivity index (χ1v) is 8.64. The second-order valence-electron chi connectivity index (χ2n) is 5.85. The third kappa shape index (κ3) is 4.42. The van der Waals surface area contributed by atoms with Crippen LogP contribution in [0.5, 0.6) is 11.5 Å². The summed E-state index contributed by atoms with van der Waals surface area (Å²) in [6.07, 6.45) is 3.39. The van der Waals surface area contributed by atoms with E-state index in [1.807, 2.05) is 41.3 Å². The van der Waals surface area contributed by atoms with Gasteiger partial charge in [0.15, 0.2) is 5.75 Å². The molecule has 1 amide bonds. The van der Waals surface area contributed by atoms with Gasteiger partial charge in [0.2, 0.25) is 5.91 Å². The van der Waals surface area contributed by atoms with E-state index in [1.54, 1.807) is 12.1 Å². The fourth-order valence-electron chi connectivity index (χ4n) is 2.77. The van der Waals surface area contributed by atoms with E-state index in [-0.39, 0.29) is 12.5 Å². The van der Waals surface area contributed by atoms with Gasteiger partial charge in [-0.3, -0.25) is 4.79 Å². The monoisotopic (exact) mass is 344 g/mol. The Morgan fingerprint density at radius 2 is 1.83 bits per heavy atom. The maximum atomic E-state index is 12.3. The highest BCUT2D eigenvalue weighted by atomic mass is 35.5. The summed E-state index contributed by atoms with van der Waals surface area (Å²) in [5.74, 6) is 1.50. The molecule has 1 aliphatic heterocycles. The number of likely N-dealkylation sites (tertiary alicyclic amines) is 1. The van der Waals surface area contributed by atoms with E-state index in [2.05, 4.69) is 5.32 Å². The normalized spacial score (nSPS) is 14.3. The zero-order chi connectivity index (χ0) is 16.8. The van der Waals surface area contributed by atoms with Gasteiger partial charge in [0.25, 0.3) is 0 Å². The predicted molar refractivity (Wildman–Crippen MR) is 96.9 cm³/mol. The number of carbonyl (C=O) groups excluding carboxylic acids is 1. The Hall–Kier alpha value is -2.20.